The molecule has 5 heteroatoms. The van der Waals surface area contributed by atoms with E-state index in [1.165, 1.54) is 4.88 Å². The first-order valence-corrected chi connectivity index (χ1v) is 5.07. The second-order valence-electron chi connectivity index (χ2n) is 2.49. The summed E-state index contributed by atoms with van der Waals surface area (Å²) in [5, 5.41) is 3.67. The molecule has 2 aromatic rings. The first kappa shape index (κ1) is 8.72. The number of aromatic nitrogens is 2. The van der Waals surface area contributed by atoms with Gasteiger partial charge in [0.05, 0.1) is 4.88 Å². The van der Waals surface area contributed by atoms with Crippen molar-refractivity contribution in [3.63, 3.8) is 0 Å². The van der Waals surface area contributed by atoms with Crippen molar-refractivity contribution in [1.29, 1.82) is 0 Å². The Kier molecular flexibility index (Phi) is 2.33. The molecule has 0 aromatic carbocycles. The fraction of sp³-hybridized carbons (Fsp3) is 0.250. The SMILES string of the molecule is CCc1ccc(-c2nc(Cl)no2)s1. The quantitative estimate of drug-likeness (QED) is 0.772. The van der Waals surface area contributed by atoms with Gasteiger partial charge in [0.2, 0.25) is 0 Å². The average molecular weight is 215 g/mol. The third-order valence-electron chi connectivity index (χ3n) is 1.62. The Hall–Kier alpha value is -0.870. The number of thiophene rings is 1. The van der Waals surface area contributed by atoms with Gasteiger partial charge in [-0.1, -0.05) is 6.92 Å². The minimum atomic E-state index is 0.154. The topological polar surface area (TPSA) is 38.9 Å². The molecular formula is C8H7ClN2OS. The van der Waals surface area contributed by atoms with Gasteiger partial charge >= 0.3 is 0 Å². The molecule has 2 aromatic heterocycles. The van der Waals surface area contributed by atoms with Crippen LogP contribution >= 0.6 is 22.9 Å². The van der Waals surface area contributed by atoms with Crippen molar-refractivity contribution in [2.45, 2.75) is 13.3 Å². The maximum Gasteiger partial charge on any atom is 0.269 e. The van der Waals surface area contributed by atoms with Crippen LogP contribution in [-0.2, 0) is 6.42 Å². The van der Waals surface area contributed by atoms with E-state index in [-0.39, 0.29) is 5.28 Å². The highest BCUT2D eigenvalue weighted by Gasteiger charge is 2.09. The number of hydrogen-bond donors (Lipinski definition) is 0. The summed E-state index contributed by atoms with van der Waals surface area (Å²) in [7, 11) is 0. The van der Waals surface area contributed by atoms with Crippen molar-refractivity contribution >= 4 is 22.9 Å². The summed E-state index contributed by atoms with van der Waals surface area (Å²) in [6.45, 7) is 2.11. The molecule has 2 heterocycles. The second kappa shape index (κ2) is 3.47. The molecule has 0 aliphatic carbocycles. The second-order valence-corrected chi connectivity index (χ2v) is 3.99. The molecule has 0 fully saturated rings. The molecule has 0 unspecified atom stereocenters. The maximum atomic E-state index is 5.54. The van der Waals surface area contributed by atoms with Crippen LogP contribution in [0.4, 0.5) is 0 Å². The first-order valence-electron chi connectivity index (χ1n) is 3.88. The molecule has 13 heavy (non-hydrogen) atoms. The van der Waals surface area contributed by atoms with Crippen LogP contribution in [0.25, 0.3) is 10.8 Å². The van der Waals surface area contributed by atoms with Gasteiger partial charge < -0.3 is 4.52 Å². The molecule has 0 radical (unpaired) electrons. The standard InChI is InChI=1S/C8H7ClN2OS/c1-2-5-3-4-6(13-5)7-10-8(9)11-12-7/h3-4H,2H2,1H3. The molecule has 0 aliphatic rings. The summed E-state index contributed by atoms with van der Waals surface area (Å²) < 4.78 is 4.93. The molecule has 2 rings (SSSR count). The van der Waals surface area contributed by atoms with E-state index in [1.807, 2.05) is 6.07 Å². The first-order chi connectivity index (χ1) is 6.29. The lowest BCUT2D eigenvalue weighted by Crippen LogP contribution is -1.68. The van der Waals surface area contributed by atoms with Crippen LogP contribution in [0.3, 0.4) is 0 Å². The molecule has 0 aliphatic heterocycles. The van der Waals surface area contributed by atoms with Crippen LogP contribution in [0, 0.1) is 0 Å². The molecule has 68 valence electrons. The predicted molar refractivity (Wildman–Crippen MR) is 52.0 cm³/mol. The third-order valence-corrected chi connectivity index (χ3v) is 2.99. The predicted octanol–water partition coefficient (Wildman–Crippen LogP) is 3.01. The molecule has 0 atom stereocenters. The van der Waals surface area contributed by atoms with Crippen molar-refractivity contribution in [3.8, 4) is 10.8 Å². The van der Waals surface area contributed by atoms with E-state index in [0.717, 1.165) is 11.3 Å². The van der Waals surface area contributed by atoms with E-state index in [2.05, 4.69) is 23.1 Å². The van der Waals surface area contributed by atoms with E-state index in [9.17, 15) is 0 Å². The molecular weight excluding hydrogens is 208 g/mol. The number of aryl methyl sites for hydroxylation is 1. The largest absolute Gasteiger partial charge is 0.332 e. The Morgan fingerprint density at radius 2 is 2.38 bits per heavy atom. The van der Waals surface area contributed by atoms with Crippen LogP contribution in [0.5, 0.6) is 0 Å². The molecule has 3 nitrogen and oxygen atoms in total. The lowest BCUT2D eigenvalue weighted by molar-refractivity contribution is 0.431. The van der Waals surface area contributed by atoms with Gasteiger partial charge in [-0.05, 0) is 35.3 Å². The fourth-order valence-corrected chi connectivity index (χ4v) is 1.97. The van der Waals surface area contributed by atoms with Gasteiger partial charge in [-0.15, -0.1) is 11.3 Å². The molecule has 0 spiro atoms. The summed E-state index contributed by atoms with van der Waals surface area (Å²) in [4.78, 5) is 6.19. The zero-order valence-electron chi connectivity index (χ0n) is 6.95. The Labute approximate surface area is 84.3 Å². The fourth-order valence-electron chi connectivity index (χ4n) is 0.988. The van der Waals surface area contributed by atoms with Gasteiger partial charge in [0, 0.05) is 4.88 Å². The Morgan fingerprint density at radius 1 is 1.54 bits per heavy atom. The number of hydrogen-bond acceptors (Lipinski definition) is 4. The van der Waals surface area contributed by atoms with Crippen LogP contribution in [0.15, 0.2) is 16.7 Å². The monoisotopic (exact) mass is 214 g/mol. The number of halogens is 1. The zero-order valence-corrected chi connectivity index (χ0v) is 8.52. The smallest absolute Gasteiger partial charge is 0.269 e. The highest BCUT2D eigenvalue weighted by molar-refractivity contribution is 7.15. The van der Waals surface area contributed by atoms with Gasteiger partial charge in [-0.25, -0.2) is 0 Å². The van der Waals surface area contributed by atoms with Crippen LogP contribution in [0.2, 0.25) is 5.28 Å². The van der Waals surface area contributed by atoms with Gasteiger partial charge in [0.25, 0.3) is 11.2 Å². The lowest BCUT2D eigenvalue weighted by Gasteiger charge is -1.84. The minimum Gasteiger partial charge on any atom is -0.332 e. The van der Waals surface area contributed by atoms with Gasteiger partial charge in [-0.3, -0.25) is 0 Å². The van der Waals surface area contributed by atoms with Gasteiger partial charge in [0.1, 0.15) is 0 Å². The molecule has 0 bridgehead atoms. The molecule has 0 saturated heterocycles. The summed E-state index contributed by atoms with van der Waals surface area (Å²) in [5.41, 5.74) is 0. The summed E-state index contributed by atoms with van der Waals surface area (Å²) in [5.74, 6) is 0.495. The van der Waals surface area contributed by atoms with Gasteiger partial charge in [0.15, 0.2) is 0 Å². The van der Waals surface area contributed by atoms with E-state index in [1.54, 1.807) is 11.3 Å². The molecule has 0 saturated carbocycles. The highest BCUT2D eigenvalue weighted by atomic mass is 35.5. The highest BCUT2D eigenvalue weighted by Crippen LogP contribution is 2.27. The summed E-state index contributed by atoms with van der Waals surface area (Å²) >= 11 is 7.18. The number of nitrogens with zero attached hydrogens (tertiary/aromatic N) is 2. The lowest BCUT2D eigenvalue weighted by atomic mass is 10.4. The maximum absolute atomic E-state index is 5.54. The van der Waals surface area contributed by atoms with Gasteiger partial charge in [-0.2, -0.15) is 4.98 Å². The zero-order chi connectivity index (χ0) is 9.26. The Morgan fingerprint density at radius 3 is 2.92 bits per heavy atom. The van der Waals surface area contributed by atoms with E-state index in [0.29, 0.717) is 5.89 Å². The van der Waals surface area contributed by atoms with E-state index < -0.39 is 0 Å². The van der Waals surface area contributed by atoms with Crippen molar-refractivity contribution < 1.29 is 4.52 Å². The van der Waals surface area contributed by atoms with Crippen LogP contribution in [-0.4, -0.2) is 10.1 Å². The average Bonchev–Trinajstić information content (AvgIpc) is 2.71. The van der Waals surface area contributed by atoms with Crippen LogP contribution in [0.1, 0.15) is 11.8 Å². The van der Waals surface area contributed by atoms with E-state index >= 15 is 0 Å². The Balaban J connectivity index is 2.35. The Bertz CT molecular complexity index is 410. The van der Waals surface area contributed by atoms with Crippen molar-refractivity contribution in [1.82, 2.24) is 10.1 Å². The summed E-state index contributed by atoms with van der Waals surface area (Å²) in [6.07, 6.45) is 1.02. The third kappa shape index (κ3) is 1.73. The normalized spacial score (nSPS) is 10.6. The molecule has 0 N–H and O–H groups in total. The van der Waals surface area contributed by atoms with Crippen molar-refractivity contribution in [2.75, 3.05) is 0 Å². The van der Waals surface area contributed by atoms with Crippen molar-refractivity contribution in [3.05, 3.63) is 22.3 Å². The minimum absolute atomic E-state index is 0.154. The van der Waals surface area contributed by atoms with Crippen LogP contribution < -0.4 is 0 Å². The molecule has 0 amide bonds. The number of rotatable bonds is 2. The van der Waals surface area contributed by atoms with Crippen molar-refractivity contribution in [2.24, 2.45) is 0 Å². The van der Waals surface area contributed by atoms with E-state index in [4.69, 9.17) is 16.1 Å². The summed E-state index contributed by atoms with van der Waals surface area (Å²) in [6, 6.07) is 4.02.